The Morgan fingerprint density at radius 1 is 1.28 bits per heavy atom. The molecule has 0 aliphatic heterocycles. The van der Waals surface area contributed by atoms with Crippen LogP contribution in [0.2, 0.25) is 5.02 Å². The van der Waals surface area contributed by atoms with Gasteiger partial charge in [-0.25, -0.2) is 0 Å². The van der Waals surface area contributed by atoms with Crippen molar-refractivity contribution in [3.05, 3.63) is 28.8 Å². The summed E-state index contributed by atoms with van der Waals surface area (Å²) in [6.07, 6.45) is 0. The number of benzene rings is 1. The van der Waals surface area contributed by atoms with Gasteiger partial charge in [-0.3, -0.25) is 4.57 Å². The molecule has 2 aromatic rings. The quantitative estimate of drug-likeness (QED) is 0.921. The van der Waals surface area contributed by atoms with Crippen molar-refractivity contribution in [2.45, 2.75) is 27.3 Å². The van der Waals surface area contributed by atoms with Crippen LogP contribution < -0.4 is 5.32 Å². The molecule has 0 amide bonds. The molecule has 0 atom stereocenters. The van der Waals surface area contributed by atoms with Crippen molar-refractivity contribution in [3.8, 4) is 11.4 Å². The monoisotopic (exact) mass is 264 g/mol. The standard InChI is InChI=1S/C13H17ClN4/c1-4-15-13-17-16-12(18(13)5-2)10-7-6-9(3)11(14)8-10/h6-8H,4-5H2,1-3H3,(H,15,17). The molecule has 2 rings (SSSR count). The predicted octanol–water partition coefficient (Wildman–Crippen LogP) is 3.36. The molecule has 0 fully saturated rings. The van der Waals surface area contributed by atoms with Gasteiger partial charge in [0.05, 0.1) is 0 Å². The maximum atomic E-state index is 6.15. The zero-order valence-corrected chi connectivity index (χ0v) is 11.6. The van der Waals surface area contributed by atoms with Gasteiger partial charge in [0.2, 0.25) is 5.95 Å². The average Bonchev–Trinajstić information content (AvgIpc) is 2.76. The summed E-state index contributed by atoms with van der Waals surface area (Å²) in [5, 5.41) is 12.4. The summed E-state index contributed by atoms with van der Waals surface area (Å²) in [6.45, 7) is 7.74. The number of nitrogens with one attached hydrogen (secondary N) is 1. The van der Waals surface area contributed by atoms with Crippen LogP contribution in [0.15, 0.2) is 18.2 Å². The molecule has 0 aliphatic rings. The summed E-state index contributed by atoms with van der Waals surface area (Å²) in [6, 6.07) is 5.95. The Hall–Kier alpha value is -1.55. The lowest BCUT2D eigenvalue weighted by Crippen LogP contribution is -2.06. The van der Waals surface area contributed by atoms with E-state index in [2.05, 4.69) is 22.4 Å². The van der Waals surface area contributed by atoms with E-state index >= 15 is 0 Å². The first-order valence-corrected chi connectivity index (χ1v) is 6.48. The lowest BCUT2D eigenvalue weighted by molar-refractivity contribution is 0.770. The number of aromatic nitrogens is 3. The molecule has 0 unspecified atom stereocenters. The van der Waals surface area contributed by atoms with Crippen LogP contribution in [0.4, 0.5) is 5.95 Å². The third kappa shape index (κ3) is 2.34. The molecule has 0 radical (unpaired) electrons. The highest BCUT2D eigenvalue weighted by Gasteiger charge is 2.12. The van der Waals surface area contributed by atoms with Gasteiger partial charge < -0.3 is 5.32 Å². The van der Waals surface area contributed by atoms with Gasteiger partial charge in [0.25, 0.3) is 0 Å². The first-order valence-electron chi connectivity index (χ1n) is 6.11. The Morgan fingerprint density at radius 3 is 2.67 bits per heavy atom. The fourth-order valence-electron chi connectivity index (χ4n) is 1.84. The number of nitrogens with zero attached hydrogens (tertiary/aromatic N) is 3. The summed E-state index contributed by atoms with van der Waals surface area (Å²) in [4.78, 5) is 0. The van der Waals surface area contributed by atoms with Gasteiger partial charge in [0.1, 0.15) is 0 Å². The van der Waals surface area contributed by atoms with Crippen LogP contribution in [0.1, 0.15) is 19.4 Å². The molecule has 96 valence electrons. The Labute approximate surface area is 112 Å². The molecular formula is C13H17ClN4. The van der Waals surface area contributed by atoms with Crippen molar-refractivity contribution in [1.82, 2.24) is 14.8 Å². The normalized spacial score (nSPS) is 10.7. The number of anilines is 1. The van der Waals surface area contributed by atoms with Gasteiger partial charge in [0, 0.05) is 23.7 Å². The lowest BCUT2D eigenvalue weighted by Gasteiger charge is -2.08. The van der Waals surface area contributed by atoms with Crippen LogP contribution in [-0.4, -0.2) is 21.3 Å². The molecule has 4 nitrogen and oxygen atoms in total. The summed E-state index contributed by atoms with van der Waals surface area (Å²) >= 11 is 6.15. The molecule has 0 saturated carbocycles. The Balaban J connectivity index is 2.46. The van der Waals surface area contributed by atoms with Crippen LogP contribution in [-0.2, 0) is 6.54 Å². The minimum atomic E-state index is 0.753. The molecule has 0 bridgehead atoms. The fraction of sp³-hybridized carbons (Fsp3) is 0.385. The number of hydrogen-bond acceptors (Lipinski definition) is 3. The number of hydrogen-bond donors (Lipinski definition) is 1. The van der Waals surface area contributed by atoms with E-state index in [1.54, 1.807) is 0 Å². The highest BCUT2D eigenvalue weighted by Crippen LogP contribution is 2.25. The minimum absolute atomic E-state index is 0.753. The molecule has 1 N–H and O–H groups in total. The van der Waals surface area contributed by atoms with Gasteiger partial charge >= 0.3 is 0 Å². The van der Waals surface area contributed by atoms with Crippen molar-refractivity contribution in [2.24, 2.45) is 0 Å². The van der Waals surface area contributed by atoms with E-state index in [1.165, 1.54) is 0 Å². The average molecular weight is 265 g/mol. The molecule has 18 heavy (non-hydrogen) atoms. The van der Waals surface area contributed by atoms with Crippen LogP contribution >= 0.6 is 11.6 Å². The Morgan fingerprint density at radius 2 is 2.06 bits per heavy atom. The van der Waals surface area contributed by atoms with Gasteiger partial charge in [-0.15, -0.1) is 10.2 Å². The molecule has 0 aliphatic carbocycles. The maximum absolute atomic E-state index is 6.15. The lowest BCUT2D eigenvalue weighted by atomic mass is 10.1. The first-order chi connectivity index (χ1) is 8.67. The molecule has 1 heterocycles. The second-order valence-electron chi connectivity index (χ2n) is 4.09. The first kappa shape index (κ1) is 12.9. The van der Waals surface area contributed by atoms with Crippen molar-refractivity contribution >= 4 is 17.5 Å². The summed E-state index contributed by atoms with van der Waals surface area (Å²) in [7, 11) is 0. The maximum Gasteiger partial charge on any atom is 0.224 e. The smallest absolute Gasteiger partial charge is 0.224 e. The van der Waals surface area contributed by atoms with Crippen molar-refractivity contribution < 1.29 is 0 Å². The van der Waals surface area contributed by atoms with Gasteiger partial charge in [-0.05, 0) is 32.4 Å². The van der Waals surface area contributed by atoms with E-state index in [0.29, 0.717) is 0 Å². The molecular weight excluding hydrogens is 248 g/mol. The van der Waals surface area contributed by atoms with Gasteiger partial charge in [0.15, 0.2) is 5.82 Å². The number of aryl methyl sites for hydroxylation is 1. The van der Waals surface area contributed by atoms with E-state index in [9.17, 15) is 0 Å². The number of halogens is 1. The summed E-state index contributed by atoms with van der Waals surface area (Å²) in [5.41, 5.74) is 2.05. The molecule has 5 heteroatoms. The van der Waals surface area contributed by atoms with Crippen molar-refractivity contribution in [2.75, 3.05) is 11.9 Å². The minimum Gasteiger partial charge on any atom is -0.355 e. The van der Waals surface area contributed by atoms with Crippen LogP contribution in [0, 0.1) is 6.92 Å². The summed E-state index contributed by atoms with van der Waals surface area (Å²) < 4.78 is 2.05. The topological polar surface area (TPSA) is 42.7 Å². The third-order valence-corrected chi connectivity index (χ3v) is 3.24. The fourth-order valence-corrected chi connectivity index (χ4v) is 2.02. The van der Waals surface area contributed by atoms with E-state index in [-0.39, 0.29) is 0 Å². The van der Waals surface area contributed by atoms with E-state index < -0.39 is 0 Å². The largest absolute Gasteiger partial charge is 0.355 e. The van der Waals surface area contributed by atoms with Crippen LogP contribution in [0.5, 0.6) is 0 Å². The van der Waals surface area contributed by atoms with Crippen LogP contribution in [0.3, 0.4) is 0 Å². The third-order valence-electron chi connectivity index (χ3n) is 2.83. The Kier molecular flexibility index (Phi) is 3.87. The second-order valence-corrected chi connectivity index (χ2v) is 4.49. The molecule has 1 aromatic carbocycles. The molecule has 1 aromatic heterocycles. The Bertz CT molecular complexity index is 548. The van der Waals surface area contributed by atoms with Crippen molar-refractivity contribution in [1.29, 1.82) is 0 Å². The van der Waals surface area contributed by atoms with Crippen LogP contribution in [0.25, 0.3) is 11.4 Å². The second kappa shape index (κ2) is 5.40. The van der Waals surface area contributed by atoms with E-state index in [1.807, 2.05) is 36.6 Å². The van der Waals surface area contributed by atoms with E-state index in [4.69, 9.17) is 11.6 Å². The zero-order chi connectivity index (χ0) is 13.1. The highest BCUT2D eigenvalue weighted by atomic mass is 35.5. The molecule has 0 spiro atoms. The molecule has 0 saturated heterocycles. The van der Waals surface area contributed by atoms with E-state index in [0.717, 1.165) is 41.0 Å². The highest BCUT2D eigenvalue weighted by molar-refractivity contribution is 6.31. The SMILES string of the molecule is CCNc1nnc(-c2ccc(C)c(Cl)c2)n1CC. The summed E-state index contributed by atoms with van der Waals surface area (Å²) in [5.74, 6) is 1.64. The van der Waals surface area contributed by atoms with Gasteiger partial charge in [-0.2, -0.15) is 0 Å². The zero-order valence-electron chi connectivity index (χ0n) is 10.9. The predicted molar refractivity (Wildman–Crippen MR) is 75.0 cm³/mol. The van der Waals surface area contributed by atoms with Gasteiger partial charge in [-0.1, -0.05) is 23.7 Å². The van der Waals surface area contributed by atoms with Crippen molar-refractivity contribution in [3.63, 3.8) is 0 Å². The number of rotatable bonds is 4.